The van der Waals surface area contributed by atoms with Gasteiger partial charge in [0.1, 0.15) is 5.78 Å². The molecule has 0 N–H and O–H groups in total. The molecule has 1 aromatic carbocycles. The second-order valence-corrected chi connectivity index (χ2v) is 12.9. The second-order valence-electron chi connectivity index (χ2n) is 11.7. The molecule has 2 nitrogen and oxygen atoms in total. The topological polar surface area (TPSA) is 34.1 Å². The van der Waals surface area contributed by atoms with Crippen LogP contribution in [-0.4, -0.2) is 11.6 Å². The van der Waals surface area contributed by atoms with Gasteiger partial charge in [-0.2, -0.15) is 0 Å². The zero-order chi connectivity index (χ0) is 22.0. The Morgan fingerprint density at radius 3 is 2.48 bits per heavy atom. The van der Waals surface area contributed by atoms with Gasteiger partial charge in [-0.3, -0.25) is 9.59 Å². The van der Waals surface area contributed by atoms with Crippen LogP contribution in [0.1, 0.15) is 88.9 Å². The SMILES string of the molecule is CC(=O)[C@H]1CC[C@H]2[C@@H]3CC[C@H]4CCCC(C(=O)c5cccc(I)c5)[C@]4(C)[C@H]3CC[C@]12C. The van der Waals surface area contributed by atoms with Gasteiger partial charge in [0, 0.05) is 21.0 Å². The first-order chi connectivity index (χ1) is 14.8. The van der Waals surface area contributed by atoms with Crippen LogP contribution in [0, 0.1) is 49.9 Å². The predicted octanol–water partition coefficient (Wildman–Crippen LogP) is 7.34. The maximum absolute atomic E-state index is 13.9. The van der Waals surface area contributed by atoms with Gasteiger partial charge in [-0.15, -0.1) is 0 Å². The minimum Gasteiger partial charge on any atom is -0.300 e. The Balaban J connectivity index is 1.49. The van der Waals surface area contributed by atoms with Gasteiger partial charge in [-0.1, -0.05) is 32.4 Å². The maximum Gasteiger partial charge on any atom is 0.166 e. The predicted molar refractivity (Wildman–Crippen MR) is 133 cm³/mol. The number of rotatable bonds is 3. The Kier molecular flexibility index (Phi) is 5.67. The van der Waals surface area contributed by atoms with Crippen molar-refractivity contribution in [2.45, 2.75) is 78.6 Å². The van der Waals surface area contributed by atoms with Crippen LogP contribution in [0.3, 0.4) is 0 Å². The second kappa shape index (κ2) is 7.95. The van der Waals surface area contributed by atoms with Crippen LogP contribution >= 0.6 is 22.6 Å². The third kappa shape index (κ3) is 3.30. The van der Waals surface area contributed by atoms with E-state index in [0.29, 0.717) is 35.2 Å². The summed E-state index contributed by atoms with van der Waals surface area (Å²) in [4.78, 5) is 26.3. The average Bonchev–Trinajstić information content (AvgIpc) is 3.10. The highest BCUT2D eigenvalue weighted by Crippen LogP contribution is 2.68. The maximum atomic E-state index is 13.9. The van der Waals surface area contributed by atoms with Crippen LogP contribution in [-0.2, 0) is 4.79 Å². The van der Waals surface area contributed by atoms with Crippen LogP contribution in [0.15, 0.2) is 24.3 Å². The van der Waals surface area contributed by atoms with E-state index in [4.69, 9.17) is 0 Å². The number of ketones is 2. The fourth-order valence-electron chi connectivity index (χ4n) is 9.27. The molecule has 1 unspecified atom stereocenters. The Hall–Kier alpha value is -0.710. The summed E-state index contributed by atoms with van der Waals surface area (Å²) in [7, 11) is 0. The van der Waals surface area contributed by atoms with E-state index in [2.05, 4.69) is 48.6 Å². The molecule has 4 saturated carbocycles. The first kappa shape index (κ1) is 22.1. The highest BCUT2D eigenvalue weighted by Gasteiger charge is 2.62. The molecule has 0 radical (unpaired) electrons. The first-order valence-electron chi connectivity index (χ1n) is 12.6. The van der Waals surface area contributed by atoms with Gasteiger partial charge < -0.3 is 0 Å². The van der Waals surface area contributed by atoms with E-state index >= 15 is 0 Å². The lowest BCUT2D eigenvalue weighted by molar-refractivity contribution is -0.139. The molecule has 4 fully saturated rings. The number of halogens is 1. The molecule has 0 saturated heterocycles. The molecule has 0 amide bonds. The summed E-state index contributed by atoms with van der Waals surface area (Å²) >= 11 is 2.33. The molecule has 4 aliphatic carbocycles. The summed E-state index contributed by atoms with van der Waals surface area (Å²) in [6.45, 7) is 6.75. The van der Waals surface area contributed by atoms with Gasteiger partial charge in [0.25, 0.3) is 0 Å². The van der Waals surface area contributed by atoms with Gasteiger partial charge in [-0.05, 0) is 128 Å². The summed E-state index contributed by atoms with van der Waals surface area (Å²) < 4.78 is 1.15. The normalized spacial score (nSPS) is 44.1. The molecule has 31 heavy (non-hydrogen) atoms. The third-order valence-electron chi connectivity index (χ3n) is 10.7. The lowest BCUT2D eigenvalue weighted by Crippen LogP contribution is -2.57. The van der Waals surface area contributed by atoms with Crippen LogP contribution < -0.4 is 0 Å². The van der Waals surface area contributed by atoms with Gasteiger partial charge >= 0.3 is 0 Å². The molecule has 0 bridgehead atoms. The molecule has 4 aliphatic rings. The number of carbonyl (C=O) groups excluding carboxylic acids is 2. The first-order valence-corrected chi connectivity index (χ1v) is 13.6. The van der Waals surface area contributed by atoms with E-state index in [-0.39, 0.29) is 22.7 Å². The highest BCUT2D eigenvalue weighted by molar-refractivity contribution is 14.1. The lowest BCUT2D eigenvalue weighted by Gasteiger charge is -2.62. The van der Waals surface area contributed by atoms with E-state index in [1.165, 1.54) is 44.9 Å². The van der Waals surface area contributed by atoms with Gasteiger partial charge in [0.2, 0.25) is 0 Å². The summed E-state index contributed by atoms with van der Waals surface area (Å²) in [5.41, 5.74) is 1.23. The standard InChI is InChI=1S/C28H37IO2/c1-17(30)22-12-13-23-21-11-10-19-7-5-9-25(26(31)18-6-4-8-20(29)16-18)28(19,3)24(21)14-15-27(22,23)2/h4,6,8,16,19,21-25H,5,7,9-15H2,1-3H3/t19-,21+,22-,23+,24+,25?,27-,28+/m1/s1. The number of benzene rings is 1. The molecule has 3 heteroatoms. The zero-order valence-corrected chi connectivity index (χ0v) is 21.5. The van der Waals surface area contributed by atoms with Crippen LogP contribution in [0.2, 0.25) is 0 Å². The third-order valence-corrected chi connectivity index (χ3v) is 11.3. The quantitative estimate of drug-likeness (QED) is 0.302. The van der Waals surface area contributed by atoms with Crippen molar-refractivity contribution in [1.82, 2.24) is 0 Å². The van der Waals surface area contributed by atoms with Crippen molar-refractivity contribution < 1.29 is 9.59 Å². The highest BCUT2D eigenvalue weighted by atomic mass is 127. The number of hydrogen-bond acceptors (Lipinski definition) is 2. The largest absolute Gasteiger partial charge is 0.300 e. The molecule has 0 spiro atoms. The smallest absolute Gasteiger partial charge is 0.166 e. The van der Waals surface area contributed by atoms with Crippen molar-refractivity contribution in [2.75, 3.05) is 0 Å². The fourth-order valence-corrected chi connectivity index (χ4v) is 9.81. The van der Waals surface area contributed by atoms with Crippen LogP contribution in [0.25, 0.3) is 0 Å². The van der Waals surface area contributed by atoms with Crippen molar-refractivity contribution in [2.24, 2.45) is 46.3 Å². The zero-order valence-electron chi connectivity index (χ0n) is 19.3. The number of Topliss-reactive ketones (excluding diaryl/α,β-unsaturated/α-hetero) is 2. The average molecular weight is 533 g/mol. The molecule has 1 aromatic rings. The fraction of sp³-hybridized carbons (Fsp3) is 0.714. The molecule has 0 aliphatic heterocycles. The van der Waals surface area contributed by atoms with Crippen molar-refractivity contribution in [3.05, 3.63) is 33.4 Å². The van der Waals surface area contributed by atoms with Crippen molar-refractivity contribution in [3.8, 4) is 0 Å². The van der Waals surface area contributed by atoms with Crippen molar-refractivity contribution in [1.29, 1.82) is 0 Å². The van der Waals surface area contributed by atoms with Crippen molar-refractivity contribution >= 4 is 34.2 Å². The minimum absolute atomic E-state index is 0.120. The molecule has 0 aromatic heterocycles. The Labute approximate surface area is 201 Å². The molecular formula is C28H37IO2. The number of fused-ring (bicyclic) bond motifs is 5. The summed E-state index contributed by atoms with van der Waals surface area (Å²) in [6.07, 6.45) is 10.9. The summed E-state index contributed by atoms with van der Waals surface area (Å²) in [6, 6.07) is 8.23. The number of carbonyl (C=O) groups is 2. The monoisotopic (exact) mass is 532 g/mol. The van der Waals surface area contributed by atoms with Gasteiger partial charge in [-0.25, -0.2) is 0 Å². The number of hydrogen-bond donors (Lipinski definition) is 0. The lowest BCUT2D eigenvalue weighted by atomic mass is 9.42. The molecule has 5 rings (SSSR count). The summed E-state index contributed by atoms with van der Waals surface area (Å²) in [5.74, 6) is 3.94. The van der Waals surface area contributed by atoms with E-state index < -0.39 is 0 Å². The van der Waals surface area contributed by atoms with E-state index in [1.54, 1.807) is 0 Å². The van der Waals surface area contributed by atoms with Crippen LogP contribution in [0.5, 0.6) is 0 Å². The Morgan fingerprint density at radius 1 is 0.935 bits per heavy atom. The van der Waals surface area contributed by atoms with Gasteiger partial charge in [0.15, 0.2) is 5.78 Å². The molecule has 0 heterocycles. The van der Waals surface area contributed by atoms with Gasteiger partial charge in [0.05, 0.1) is 0 Å². The molecule has 168 valence electrons. The molecular weight excluding hydrogens is 495 g/mol. The summed E-state index contributed by atoms with van der Waals surface area (Å²) in [5, 5.41) is 0. The Bertz CT molecular complexity index is 893. The van der Waals surface area contributed by atoms with E-state index in [1.807, 2.05) is 19.1 Å². The molecule has 8 atom stereocenters. The van der Waals surface area contributed by atoms with Crippen molar-refractivity contribution in [3.63, 3.8) is 0 Å². The van der Waals surface area contributed by atoms with E-state index in [0.717, 1.165) is 22.0 Å². The Morgan fingerprint density at radius 2 is 1.74 bits per heavy atom. The minimum atomic E-state index is 0.120. The van der Waals surface area contributed by atoms with Crippen LogP contribution in [0.4, 0.5) is 0 Å². The van der Waals surface area contributed by atoms with E-state index in [9.17, 15) is 9.59 Å².